The minimum atomic E-state index is -4.51. The van der Waals surface area contributed by atoms with Gasteiger partial charge in [-0.3, -0.25) is 0 Å². The van der Waals surface area contributed by atoms with E-state index in [1.807, 2.05) is 18.3 Å². The fourth-order valence-corrected chi connectivity index (χ4v) is 4.95. The van der Waals surface area contributed by atoms with Crippen molar-refractivity contribution in [3.8, 4) is 22.2 Å². The van der Waals surface area contributed by atoms with Crippen molar-refractivity contribution in [2.75, 3.05) is 35.2 Å². The number of thiazole rings is 1. The summed E-state index contributed by atoms with van der Waals surface area (Å²) in [7, 11) is 0. The first-order chi connectivity index (χ1) is 18.8. The van der Waals surface area contributed by atoms with Gasteiger partial charge in [-0.2, -0.15) is 13.2 Å². The number of nitrogens with zero attached hydrogens (tertiary/aromatic N) is 4. The van der Waals surface area contributed by atoms with E-state index in [1.165, 1.54) is 24.5 Å². The van der Waals surface area contributed by atoms with Crippen LogP contribution in [0.25, 0.3) is 10.4 Å². The van der Waals surface area contributed by atoms with Crippen molar-refractivity contribution in [3.63, 3.8) is 0 Å². The maximum Gasteiger partial charge on any atom is 0.416 e. The predicted octanol–water partition coefficient (Wildman–Crippen LogP) is 5.87. The molecule has 3 heterocycles. The molecule has 1 aliphatic rings. The summed E-state index contributed by atoms with van der Waals surface area (Å²) in [6, 6.07) is 11.0. The molecule has 202 valence electrons. The van der Waals surface area contributed by atoms with Gasteiger partial charge < -0.3 is 25.4 Å². The quantitative estimate of drug-likeness (QED) is 0.261. The van der Waals surface area contributed by atoms with E-state index in [2.05, 4.69) is 30.5 Å². The van der Waals surface area contributed by atoms with Crippen molar-refractivity contribution in [2.45, 2.75) is 12.6 Å². The van der Waals surface area contributed by atoms with Gasteiger partial charge in [0.05, 0.1) is 28.5 Å². The summed E-state index contributed by atoms with van der Waals surface area (Å²) in [4.78, 5) is 28.0. The molecule has 1 aliphatic heterocycles. The minimum absolute atomic E-state index is 0.00687. The van der Waals surface area contributed by atoms with Crippen molar-refractivity contribution >= 4 is 33.9 Å². The summed E-state index contributed by atoms with van der Waals surface area (Å²) in [6.07, 6.45) is 0.924. The smallest absolute Gasteiger partial charge is 0.416 e. The molecule has 2 aromatic carbocycles. The van der Waals surface area contributed by atoms with Crippen LogP contribution in [0.15, 0.2) is 67.1 Å². The lowest BCUT2D eigenvalue weighted by Gasteiger charge is -2.13. The molecule has 13 heteroatoms. The van der Waals surface area contributed by atoms with Gasteiger partial charge in [-0.25, -0.2) is 19.7 Å². The minimum Gasteiger partial charge on any atom is -0.424 e. The topological polar surface area (TPSA) is 112 Å². The van der Waals surface area contributed by atoms with E-state index < -0.39 is 17.8 Å². The number of aliphatic hydroxyl groups excluding tert-OH is 1. The number of hydrogen-bond donors (Lipinski definition) is 3. The van der Waals surface area contributed by atoms with Crippen LogP contribution >= 0.6 is 11.3 Å². The van der Waals surface area contributed by atoms with Crippen LogP contribution in [0, 0.1) is 5.92 Å². The highest BCUT2D eigenvalue weighted by molar-refractivity contribution is 7.18. The van der Waals surface area contributed by atoms with Crippen LogP contribution < -0.4 is 20.3 Å². The zero-order valence-corrected chi connectivity index (χ0v) is 21.2. The molecule has 1 fully saturated rings. The highest BCUT2D eigenvalue weighted by Gasteiger charge is 2.30. The molecule has 2 amide bonds. The van der Waals surface area contributed by atoms with Gasteiger partial charge in [-0.05, 0) is 54.4 Å². The highest BCUT2D eigenvalue weighted by Crippen LogP contribution is 2.35. The number of aromatic nitrogens is 3. The largest absolute Gasteiger partial charge is 0.424 e. The van der Waals surface area contributed by atoms with Crippen LogP contribution in [0.5, 0.6) is 11.8 Å². The maximum absolute atomic E-state index is 12.9. The van der Waals surface area contributed by atoms with Gasteiger partial charge in [0.2, 0.25) is 0 Å². The number of anilines is 3. The van der Waals surface area contributed by atoms with Crippen LogP contribution in [-0.4, -0.2) is 45.8 Å². The van der Waals surface area contributed by atoms with Crippen LogP contribution in [-0.2, 0) is 6.18 Å². The van der Waals surface area contributed by atoms with Crippen LogP contribution in [0.2, 0.25) is 0 Å². The van der Waals surface area contributed by atoms with Crippen molar-refractivity contribution < 1.29 is 27.8 Å². The molecule has 0 spiro atoms. The number of benzene rings is 2. The third-order valence-electron chi connectivity index (χ3n) is 5.99. The predicted molar refractivity (Wildman–Crippen MR) is 141 cm³/mol. The number of urea groups is 1. The lowest BCUT2D eigenvalue weighted by molar-refractivity contribution is -0.137. The second-order valence-corrected chi connectivity index (χ2v) is 9.84. The Bertz CT molecular complexity index is 1430. The summed E-state index contributed by atoms with van der Waals surface area (Å²) < 4.78 is 44.2. The Hall–Kier alpha value is -4.23. The molecule has 1 saturated heterocycles. The monoisotopic (exact) mass is 556 g/mol. The Balaban J connectivity index is 1.15. The SMILES string of the molecule is O=C(Nc1cnc(Oc2ccc(-c3cnc(N4CCC(CO)C4)s3)cc2)nc1)Nc1cccc(C(F)(F)F)c1. The molecule has 4 aromatic rings. The fraction of sp³-hybridized carbons (Fsp3) is 0.231. The summed E-state index contributed by atoms with van der Waals surface area (Å²) in [5, 5.41) is 15.1. The van der Waals surface area contributed by atoms with E-state index in [-0.39, 0.29) is 24.0 Å². The van der Waals surface area contributed by atoms with E-state index in [1.54, 1.807) is 23.5 Å². The average molecular weight is 557 g/mol. The number of ether oxygens (including phenoxy) is 1. The maximum atomic E-state index is 12.9. The fourth-order valence-electron chi connectivity index (χ4n) is 3.99. The molecule has 0 bridgehead atoms. The summed E-state index contributed by atoms with van der Waals surface area (Å²) in [5.41, 5.74) is 0.337. The van der Waals surface area contributed by atoms with Gasteiger partial charge in [0.15, 0.2) is 5.13 Å². The normalized spacial score (nSPS) is 15.3. The zero-order chi connectivity index (χ0) is 27.4. The second-order valence-electron chi connectivity index (χ2n) is 8.83. The molecule has 1 unspecified atom stereocenters. The highest BCUT2D eigenvalue weighted by atomic mass is 32.1. The number of carbonyl (C=O) groups is 1. The number of hydrogen-bond acceptors (Lipinski definition) is 8. The first-order valence-corrected chi connectivity index (χ1v) is 12.8. The van der Waals surface area contributed by atoms with Crippen molar-refractivity contribution in [1.82, 2.24) is 15.0 Å². The Morgan fingerprint density at radius 2 is 1.79 bits per heavy atom. The Morgan fingerprint density at radius 3 is 2.49 bits per heavy atom. The molecule has 0 saturated carbocycles. The molecule has 1 atom stereocenters. The van der Waals surface area contributed by atoms with Crippen molar-refractivity contribution in [2.24, 2.45) is 5.92 Å². The van der Waals surface area contributed by atoms with E-state index in [9.17, 15) is 23.1 Å². The van der Waals surface area contributed by atoms with Crippen LogP contribution in [0.1, 0.15) is 12.0 Å². The van der Waals surface area contributed by atoms with E-state index in [0.29, 0.717) is 11.7 Å². The van der Waals surface area contributed by atoms with Gasteiger partial charge in [0.25, 0.3) is 0 Å². The first-order valence-electron chi connectivity index (χ1n) is 11.9. The van der Waals surface area contributed by atoms with Crippen molar-refractivity contribution in [1.29, 1.82) is 0 Å². The lowest BCUT2D eigenvalue weighted by Crippen LogP contribution is -2.20. The van der Waals surface area contributed by atoms with Crippen LogP contribution in [0.4, 0.5) is 34.5 Å². The number of rotatable bonds is 7. The summed E-state index contributed by atoms with van der Waals surface area (Å²) >= 11 is 1.59. The van der Waals surface area contributed by atoms with Gasteiger partial charge in [0.1, 0.15) is 5.75 Å². The van der Waals surface area contributed by atoms with Gasteiger partial charge in [-0.1, -0.05) is 17.4 Å². The molecular weight excluding hydrogens is 533 g/mol. The lowest BCUT2D eigenvalue weighted by atomic mass is 10.1. The standard InChI is InChI=1S/C26H23F3N6O3S/c27-26(28,29)18-2-1-3-19(10-18)33-23(37)34-20-11-30-24(31-12-20)38-21-6-4-17(5-7-21)22-13-32-25(39-22)35-9-8-16(14-35)15-36/h1-7,10-13,16,36H,8-9,14-15H2,(H2,33,34,37). The molecule has 0 radical (unpaired) electrons. The Morgan fingerprint density at radius 1 is 1.05 bits per heavy atom. The molecular formula is C26H23F3N6O3S. The van der Waals surface area contributed by atoms with Crippen molar-refractivity contribution in [3.05, 3.63) is 72.7 Å². The van der Waals surface area contributed by atoms with E-state index in [0.717, 1.165) is 47.2 Å². The Kier molecular flexibility index (Phi) is 7.61. The average Bonchev–Trinajstić information content (AvgIpc) is 3.60. The number of nitrogens with one attached hydrogen (secondary N) is 2. The number of amides is 2. The zero-order valence-electron chi connectivity index (χ0n) is 20.4. The first kappa shape index (κ1) is 26.4. The van der Waals surface area contributed by atoms with Gasteiger partial charge in [-0.15, -0.1) is 0 Å². The molecule has 9 nitrogen and oxygen atoms in total. The van der Waals surface area contributed by atoms with Gasteiger partial charge in [0, 0.05) is 37.5 Å². The van der Waals surface area contributed by atoms with E-state index >= 15 is 0 Å². The number of alkyl halides is 3. The molecule has 2 aromatic heterocycles. The second kappa shape index (κ2) is 11.3. The number of carbonyl (C=O) groups excluding carboxylic acids is 1. The summed E-state index contributed by atoms with van der Waals surface area (Å²) in [6.45, 7) is 1.89. The molecule has 0 aliphatic carbocycles. The van der Waals surface area contributed by atoms with Crippen LogP contribution in [0.3, 0.4) is 0 Å². The number of aliphatic hydroxyl groups is 1. The molecule has 5 rings (SSSR count). The summed E-state index contributed by atoms with van der Waals surface area (Å²) in [5.74, 6) is 0.805. The molecule has 3 N–H and O–H groups in total. The van der Waals surface area contributed by atoms with Gasteiger partial charge >= 0.3 is 18.2 Å². The molecule has 39 heavy (non-hydrogen) atoms. The van der Waals surface area contributed by atoms with E-state index in [4.69, 9.17) is 4.74 Å². The Labute approximate surface area is 225 Å². The third-order valence-corrected chi connectivity index (χ3v) is 7.10. The number of halogens is 3. The third kappa shape index (κ3) is 6.62.